The maximum absolute atomic E-state index is 12.8. The predicted molar refractivity (Wildman–Crippen MR) is 141 cm³/mol. The lowest BCUT2D eigenvalue weighted by atomic mass is 9.76. The summed E-state index contributed by atoms with van der Waals surface area (Å²) in [7, 11) is 0. The van der Waals surface area contributed by atoms with Crippen molar-refractivity contribution in [3.8, 4) is 0 Å². The van der Waals surface area contributed by atoms with Crippen molar-refractivity contribution >= 4 is 17.8 Å². The van der Waals surface area contributed by atoms with Gasteiger partial charge in [-0.25, -0.2) is 4.99 Å². The molecule has 2 aromatic rings. The van der Waals surface area contributed by atoms with Crippen molar-refractivity contribution in [3.63, 3.8) is 0 Å². The second-order valence-electron chi connectivity index (χ2n) is 10.3. The standard InChI is InChI=1S/C30H38N2O4/c33-27(31-19-11-10-14-23-12-4-1-5-13-23)26-22-36-28(32-26)30(29(34)35,20-24-15-6-2-7-16-24)21-25-17-8-3-9-18-25/h2-3,6-9,15-18,23,26H,1,4-5,10-14,19-22H2,(H,31,33)(H,34,35). The lowest BCUT2D eigenvalue weighted by Gasteiger charge is -2.29. The monoisotopic (exact) mass is 490 g/mol. The highest BCUT2D eigenvalue weighted by Gasteiger charge is 2.48. The molecule has 6 nitrogen and oxygen atoms in total. The first-order valence-electron chi connectivity index (χ1n) is 13.4. The van der Waals surface area contributed by atoms with E-state index in [0.717, 1.165) is 29.9 Å². The van der Waals surface area contributed by atoms with E-state index in [1.54, 1.807) is 0 Å². The molecule has 0 spiro atoms. The number of aliphatic imine (C=N–C) groups is 1. The quantitative estimate of drug-likeness (QED) is 0.400. The van der Waals surface area contributed by atoms with Gasteiger partial charge >= 0.3 is 5.97 Å². The van der Waals surface area contributed by atoms with Crippen LogP contribution in [0, 0.1) is 11.3 Å². The molecule has 1 unspecified atom stereocenters. The Hall–Kier alpha value is -3.15. The van der Waals surface area contributed by atoms with Crippen molar-refractivity contribution in [1.29, 1.82) is 0 Å². The first kappa shape index (κ1) is 25.9. The summed E-state index contributed by atoms with van der Waals surface area (Å²) in [5, 5.41) is 13.5. The number of aliphatic carboxylic acids is 1. The lowest BCUT2D eigenvalue weighted by Crippen LogP contribution is -2.43. The zero-order valence-electron chi connectivity index (χ0n) is 21.0. The number of unbranched alkanes of at least 4 members (excludes halogenated alkanes) is 1. The molecule has 4 rings (SSSR count). The highest BCUT2D eigenvalue weighted by molar-refractivity contribution is 6.04. The Kier molecular flexibility index (Phi) is 9.15. The molecule has 0 radical (unpaired) electrons. The molecule has 192 valence electrons. The number of amides is 1. The van der Waals surface area contributed by atoms with E-state index >= 15 is 0 Å². The van der Waals surface area contributed by atoms with Crippen molar-refractivity contribution in [2.45, 2.75) is 70.3 Å². The minimum Gasteiger partial charge on any atom is -0.480 e. The van der Waals surface area contributed by atoms with E-state index in [4.69, 9.17) is 4.74 Å². The van der Waals surface area contributed by atoms with Crippen LogP contribution < -0.4 is 5.32 Å². The number of benzene rings is 2. The van der Waals surface area contributed by atoms with Crippen LogP contribution in [0.25, 0.3) is 0 Å². The predicted octanol–water partition coefficient (Wildman–Crippen LogP) is 5.21. The van der Waals surface area contributed by atoms with Crippen LogP contribution in [0.5, 0.6) is 0 Å². The van der Waals surface area contributed by atoms with Gasteiger partial charge in [-0.2, -0.15) is 0 Å². The SMILES string of the molecule is O=C(NCCCCC1CCCCC1)C1COC(C(Cc2ccccc2)(Cc2ccccc2)C(=O)O)=N1. The third kappa shape index (κ3) is 6.74. The zero-order chi connectivity index (χ0) is 25.2. The van der Waals surface area contributed by atoms with Gasteiger partial charge in [-0.15, -0.1) is 0 Å². The Morgan fingerprint density at radius 3 is 2.11 bits per heavy atom. The molecule has 1 fully saturated rings. The molecular formula is C30H38N2O4. The average Bonchev–Trinajstić information content (AvgIpc) is 3.41. The summed E-state index contributed by atoms with van der Waals surface area (Å²) in [6, 6.07) is 18.3. The first-order valence-corrected chi connectivity index (χ1v) is 13.4. The number of nitrogens with one attached hydrogen (secondary N) is 1. The number of nitrogens with zero attached hydrogens (tertiary/aromatic N) is 1. The molecule has 1 aliphatic heterocycles. The van der Waals surface area contributed by atoms with Crippen LogP contribution in [0.2, 0.25) is 0 Å². The molecule has 1 aliphatic carbocycles. The van der Waals surface area contributed by atoms with E-state index in [2.05, 4.69) is 10.3 Å². The molecule has 1 heterocycles. The number of hydrogen-bond acceptors (Lipinski definition) is 4. The molecule has 0 aromatic heterocycles. The van der Waals surface area contributed by atoms with Crippen molar-refractivity contribution in [3.05, 3.63) is 71.8 Å². The molecule has 0 saturated heterocycles. The second kappa shape index (κ2) is 12.7. The lowest BCUT2D eigenvalue weighted by molar-refractivity contribution is -0.145. The van der Waals surface area contributed by atoms with E-state index in [1.165, 1.54) is 38.5 Å². The van der Waals surface area contributed by atoms with Gasteiger partial charge in [-0.3, -0.25) is 9.59 Å². The van der Waals surface area contributed by atoms with Crippen LogP contribution in [-0.4, -0.2) is 42.1 Å². The number of carbonyl (C=O) groups is 2. The number of ether oxygens (including phenoxy) is 1. The summed E-state index contributed by atoms with van der Waals surface area (Å²) in [5.74, 6) is -0.206. The van der Waals surface area contributed by atoms with Gasteiger partial charge in [0.05, 0.1) is 0 Å². The van der Waals surface area contributed by atoms with E-state index in [-0.39, 0.29) is 31.3 Å². The van der Waals surface area contributed by atoms with E-state index in [9.17, 15) is 14.7 Å². The van der Waals surface area contributed by atoms with Gasteiger partial charge < -0.3 is 15.2 Å². The number of carbonyl (C=O) groups excluding carboxylic acids is 1. The van der Waals surface area contributed by atoms with Crippen LogP contribution in [0.3, 0.4) is 0 Å². The third-order valence-electron chi connectivity index (χ3n) is 7.53. The minimum atomic E-state index is -1.39. The highest BCUT2D eigenvalue weighted by atomic mass is 16.5. The molecule has 36 heavy (non-hydrogen) atoms. The van der Waals surface area contributed by atoms with E-state index < -0.39 is 17.4 Å². The van der Waals surface area contributed by atoms with Crippen molar-refractivity contribution in [2.75, 3.05) is 13.2 Å². The topological polar surface area (TPSA) is 88.0 Å². The Labute approximate surface area is 214 Å². The van der Waals surface area contributed by atoms with Crippen LogP contribution in [0.4, 0.5) is 0 Å². The van der Waals surface area contributed by atoms with Crippen LogP contribution >= 0.6 is 0 Å². The number of hydrogen-bond donors (Lipinski definition) is 2. The van der Waals surface area contributed by atoms with Crippen molar-refractivity contribution in [2.24, 2.45) is 16.3 Å². The largest absolute Gasteiger partial charge is 0.480 e. The second-order valence-corrected chi connectivity index (χ2v) is 10.3. The van der Waals surface area contributed by atoms with Gasteiger partial charge in [0.1, 0.15) is 6.61 Å². The maximum atomic E-state index is 12.8. The molecule has 1 saturated carbocycles. The molecule has 2 aromatic carbocycles. The smallest absolute Gasteiger partial charge is 0.319 e. The number of carboxylic acids is 1. The summed E-state index contributed by atoms with van der Waals surface area (Å²) in [4.78, 5) is 30.2. The Morgan fingerprint density at radius 1 is 0.917 bits per heavy atom. The molecule has 6 heteroatoms. The zero-order valence-corrected chi connectivity index (χ0v) is 21.0. The third-order valence-corrected chi connectivity index (χ3v) is 7.53. The Balaban J connectivity index is 1.41. The summed E-state index contributed by atoms with van der Waals surface area (Å²) >= 11 is 0. The summed E-state index contributed by atoms with van der Waals surface area (Å²) in [6.45, 7) is 0.687. The average molecular weight is 491 g/mol. The van der Waals surface area contributed by atoms with Gasteiger partial charge in [0, 0.05) is 6.54 Å². The molecular weight excluding hydrogens is 452 g/mol. The Morgan fingerprint density at radius 2 is 1.53 bits per heavy atom. The fourth-order valence-corrected chi connectivity index (χ4v) is 5.48. The molecule has 1 amide bonds. The van der Waals surface area contributed by atoms with E-state index in [0.29, 0.717) is 6.54 Å². The van der Waals surface area contributed by atoms with E-state index in [1.807, 2.05) is 60.7 Å². The van der Waals surface area contributed by atoms with Gasteiger partial charge in [0.25, 0.3) is 0 Å². The normalized spacial score (nSPS) is 18.3. The van der Waals surface area contributed by atoms with Crippen LogP contribution in [0.1, 0.15) is 62.5 Å². The van der Waals surface area contributed by atoms with Gasteiger partial charge in [0.15, 0.2) is 11.5 Å². The highest BCUT2D eigenvalue weighted by Crippen LogP contribution is 2.34. The summed E-state index contributed by atoms with van der Waals surface area (Å²) in [5.41, 5.74) is 0.374. The van der Waals surface area contributed by atoms with Gasteiger partial charge in [-0.05, 0) is 36.3 Å². The fourth-order valence-electron chi connectivity index (χ4n) is 5.48. The van der Waals surface area contributed by atoms with Crippen LogP contribution in [-0.2, 0) is 27.2 Å². The maximum Gasteiger partial charge on any atom is 0.319 e. The van der Waals surface area contributed by atoms with Crippen molar-refractivity contribution in [1.82, 2.24) is 5.32 Å². The molecule has 2 aliphatic rings. The summed E-state index contributed by atoms with van der Waals surface area (Å²) < 4.78 is 5.87. The number of carboxylic acid groups (broad SMARTS) is 1. The van der Waals surface area contributed by atoms with Crippen LogP contribution in [0.15, 0.2) is 65.7 Å². The van der Waals surface area contributed by atoms with Gasteiger partial charge in [0.2, 0.25) is 11.8 Å². The molecule has 0 bridgehead atoms. The molecule has 1 atom stereocenters. The number of rotatable bonds is 12. The fraction of sp³-hybridized carbons (Fsp3) is 0.500. The molecule has 2 N–H and O–H groups in total. The minimum absolute atomic E-state index is 0.0713. The first-order chi connectivity index (χ1) is 17.6. The Bertz CT molecular complexity index is 974. The summed E-state index contributed by atoms with van der Waals surface area (Å²) in [6.07, 6.45) is 10.6. The van der Waals surface area contributed by atoms with Crippen molar-refractivity contribution < 1.29 is 19.4 Å². The van der Waals surface area contributed by atoms with Gasteiger partial charge in [-0.1, -0.05) is 106 Å².